The fraction of sp³-hybridized carbons (Fsp3) is 0.370. The van der Waals surface area contributed by atoms with E-state index < -0.39 is 17.7 Å². The van der Waals surface area contributed by atoms with Crippen LogP contribution < -0.4 is 9.64 Å². The van der Waals surface area contributed by atoms with E-state index in [1.54, 1.807) is 19.2 Å². The minimum Gasteiger partial charge on any atom is -0.482 e. The second-order valence-electron chi connectivity index (χ2n) is 8.29. The molecule has 0 saturated heterocycles. The fourth-order valence-electron chi connectivity index (χ4n) is 3.62. The van der Waals surface area contributed by atoms with Crippen LogP contribution in [0.5, 0.6) is 5.75 Å². The van der Waals surface area contributed by atoms with Crippen LogP contribution in [0.3, 0.4) is 0 Å². The van der Waals surface area contributed by atoms with Crippen molar-refractivity contribution < 1.29 is 27.4 Å². The molecule has 0 aliphatic carbocycles. The largest absolute Gasteiger partial charge is 0.482 e. The molecule has 0 radical (unpaired) electrons. The first-order chi connectivity index (χ1) is 17.2. The molecule has 0 bridgehead atoms. The Morgan fingerprint density at radius 3 is 2.44 bits per heavy atom. The molecule has 3 rings (SSSR count). The van der Waals surface area contributed by atoms with E-state index in [0.717, 1.165) is 36.1 Å². The molecule has 3 aromatic rings. The van der Waals surface area contributed by atoms with Gasteiger partial charge < -0.3 is 14.4 Å². The van der Waals surface area contributed by atoms with Gasteiger partial charge in [-0.1, -0.05) is 37.6 Å². The highest BCUT2D eigenvalue weighted by atomic mass is 19.4. The molecular formula is C27H30F3N3O3. The molecule has 0 aliphatic heterocycles. The van der Waals surface area contributed by atoms with Gasteiger partial charge in [0.1, 0.15) is 5.75 Å². The number of aromatic nitrogens is 2. The summed E-state index contributed by atoms with van der Waals surface area (Å²) in [5, 5.41) is 0. The third-order valence-electron chi connectivity index (χ3n) is 5.48. The maximum atomic E-state index is 12.9. The zero-order valence-corrected chi connectivity index (χ0v) is 20.6. The lowest BCUT2D eigenvalue weighted by Crippen LogP contribution is -2.26. The second-order valence-corrected chi connectivity index (χ2v) is 8.29. The maximum Gasteiger partial charge on any atom is 0.416 e. The van der Waals surface area contributed by atoms with E-state index in [1.165, 1.54) is 12.1 Å². The van der Waals surface area contributed by atoms with Gasteiger partial charge in [-0.3, -0.25) is 0 Å². The first-order valence-electron chi connectivity index (χ1n) is 11.8. The first kappa shape index (κ1) is 27.0. The van der Waals surface area contributed by atoms with Crippen LogP contribution in [0, 0.1) is 6.92 Å². The van der Waals surface area contributed by atoms with Crippen molar-refractivity contribution in [2.45, 2.75) is 46.3 Å². The van der Waals surface area contributed by atoms with E-state index in [9.17, 15) is 18.0 Å². The van der Waals surface area contributed by atoms with Gasteiger partial charge in [-0.25, -0.2) is 14.8 Å². The molecule has 0 fully saturated rings. The Labute approximate surface area is 209 Å². The van der Waals surface area contributed by atoms with Crippen LogP contribution in [0.1, 0.15) is 43.4 Å². The summed E-state index contributed by atoms with van der Waals surface area (Å²) < 4.78 is 49.2. The van der Waals surface area contributed by atoms with Crippen LogP contribution in [-0.2, 0) is 22.3 Å². The standard InChI is InChI=1S/C27H30F3N3O3/c1-4-6-15-33(17-20-7-12-24(19(3)16-20)36-18-25(34)35-5-2)26-31-14-13-23(32-26)21-8-10-22(11-9-21)27(28,29)30/h7-14,16H,4-6,15,17-18H2,1-3H3. The predicted molar refractivity (Wildman–Crippen MR) is 132 cm³/mol. The Morgan fingerprint density at radius 1 is 1.06 bits per heavy atom. The van der Waals surface area contributed by atoms with Gasteiger partial charge in [0, 0.05) is 24.8 Å². The number of aryl methyl sites for hydroxylation is 1. The zero-order valence-electron chi connectivity index (χ0n) is 20.6. The highest BCUT2D eigenvalue weighted by molar-refractivity contribution is 5.71. The molecule has 9 heteroatoms. The quantitative estimate of drug-likeness (QED) is 0.291. The van der Waals surface area contributed by atoms with Crippen molar-refractivity contribution in [3.63, 3.8) is 0 Å². The summed E-state index contributed by atoms with van der Waals surface area (Å²) in [7, 11) is 0. The van der Waals surface area contributed by atoms with Crippen LogP contribution in [0.15, 0.2) is 54.7 Å². The molecule has 0 saturated carbocycles. The van der Waals surface area contributed by atoms with Crippen LogP contribution in [0.25, 0.3) is 11.3 Å². The van der Waals surface area contributed by atoms with E-state index in [1.807, 2.05) is 30.0 Å². The number of carbonyl (C=O) groups is 1. The van der Waals surface area contributed by atoms with Crippen molar-refractivity contribution in [2.24, 2.45) is 0 Å². The van der Waals surface area contributed by atoms with E-state index in [-0.39, 0.29) is 6.61 Å². The third kappa shape index (κ3) is 7.44. The van der Waals surface area contributed by atoms with Gasteiger partial charge in [-0.15, -0.1) is 0 Å². The van der Waals surface area contributed by atoms with Gasteiger partial charge in [-0.2, -0.15) is 13.2 Å². The molecule has 0 spiro atoms. The first-order valence-corrected chi connectivity index (χ1v) is 11.8. The number of benzene rings is 2. The van der Waals surface area contributed by atoms with Crippen molar-refractivity contribution in [1.82, 2.24) is 9.97 Å². The lowest BCUT2D eigenvalue weighted by molar-refractivity contribution is -0.145. The highest BCUT2D eigenvalue weighted by Crippen LogP contribution is 2.31. The van der Waals surface area contributed by atoms with Crippen molar-refractivity contribution in [1.29, 1.82) is 0 Å². The number of anilines is 1. The van der Waals surface area contributed by atoms with Crippen molar-refractivity contribution >= 4 is 11.9 Å². The Balaban J connectivity index is 1.78. The van der Waals surface area contributed by atoms with Gasteiger partial charge >= 0.3 is 12.1 Å². The van der Waals surface area contributed by atoms with Gasteiger partial charge in [0.2, 0.25) is 5.95 Å². The summed E-state index contributed by atoms with van der Waals surface area (Å²) in [5.74, 6) is 0.686. The normalized spacial score (nSPS) is 11.3. The van der Waals surface area contributed by atoms with Crippen LogP contribution in [-0.4, -0.2) is 35.7 Å². The Hall–Kier alpha value is -3.62. The molecule has 0 N–H and O–H groups in total. The predicted octanol–water partition coefficient (Wildman–Crippen LogP) is 6.22. The SMILES string of the molecule is CCCCN(Cc1ccc(OCC(=O)OCC)c(C)c1)c1nccc(-c2ccc(C(F)(F)F)cc2)n1. The molecule has 0 atom stereocenters. The van der Waals surface area contributed by atoms with Crippen LogP contribution in [0.4, 0.5) is 19.1 Å². The second kappa shape index (κ2) is 12.4. The summed E-state index contributed by atoms with van der Waals surface area (Å²) in [6, 6.07) is 12.4. The number of nitrogens with zero attached hydrogens (tertiary/aromatic N) is 3. The van der Waals surface area contributed by atoms with Crippen molar-refractivity contribution in [3.8, 4) is 17.0 Å². The van der Waals surface area contributed by atoms with E-state index in [2.05, 4.69) is 16.9 Å². The average molecular weight is 502 g/mol. The summed E-state index contributed by atoms with van der Waals surface area (Å²) in [6.07, 6.45) is -0.863. The minimum absolute atomic E-state index is 0.152. The van der Waals surface area contributed by atoms with Crippen molar-refractivity contribution in [2.75, 3.05) is 24.7 Å². The van der Waals surface area contributed by atoms with Gasteiger partial charge in [0.15, 0.2) is 6.61 Å². The van der Waals surface area contributed by atoms with E-state index >= 15 is 0 Å². The van der Waals surface area contributed by atoms with Crippen LogP contribution >= 0.6 is 0 Å². The Kier molecular flexibility index (Phi) is 9.27. The van der Waals surface area contributed by atoms with E-state index in [4.69, 9.17) is 9.47 Å². The highest BCUT2D eigenvalue weighted by Gasteiger charge is 2.30. The molecule has 0 unspecified atom stereocenters. The lowest BCUT2D eigenvalue weighted by Gasteiger charge is -2.23. The number of unbranched alkanes of at least 4 members (excludes halogenated alkanes) is 1. The van der Waals surface area contributed by atoms with Gasteiger partial charge in [0.05, 0.1) is 17.9 Å². The maximum absolute atomic E-state index is 12.9. The lowest BCUT2D eigenvalue weighted by atomic mass is 10.1. The molecular weight excluding hydrogens is 471 g/mol. The summed E-state index contributed by atoms with van der Waals surface area (Å²) in [6.45, 7) is 7.14. The minimum atomic E-state index is -4.39. The zero-order chi connectivity index (χ0) is 26.1. The number of hydrogen-bond donors (Lipinski definition) is 0. The molecule has 0 aliphatic rings. The summed E-state index contributed by atoms with van der Waals surface area (Å²) in [4.78, 5) is 22.7. The Bertz CT molecular complexity index is 1150. The summed E-state index contributed by atoms with van der Waals surface area (Å²) in [5.41, 5.74) is 2.33. The molecule has 1 aromatic heterocycles. The van der Waals surface area contributed by atoms with Crippen molar-refractivity contribution in [3.05, 3.63) is 71.4 Å². The molecule has 0 amide bonds. The molecule has 192 valence electrons. The molecule has 2 aromatic carbocycles. The van der Waals surface area contributed by atoms with Gasteiger partial charge in [0.25, 0.3) is 0 Å². The van der Waals surface area contributed by atoms with Crippen LogP contribution in [0.2, 0.25) is 0 Å². The number of alkyl halides is 3. The smallest absolute Gasteiger partial charge is 0.416 e. The van der Waals surface area contributed by atoms with E-state index in [0.29, 0.717) is 42.7 Å². The number of esters is 1. The number of hydrogen-bond acceptors (Lipinski definition) is 6. The fourth-order valence-corrected chi connectivity index (χ4v) is 3.62. The van der Waals surface area contributed by atoms with Gasteiger partial charge in [-0.05, 0) is 55.7 Å². The number of carbonyl (C=O) groups excluding carboxylic acids is 1. The number of ether oxygens (including phenoxy) is 2. The molecule has 1 heterocycles. The average Bonchev–Trinajstić information content (AvgIpc) is 2.86. The molecule has 36 heavy (non-hydrogen) atoms. The number of halogens is 3. The summed E-state index contributed by atoms with van der Waals surface area (Å²) >= 11 is 0. The topological polar surface area (TPSA) is 64.5 Å². The monoisotopic (exact) mass is 501 g/mol. The molecule has 6 nitrogen and oxygen atoms in total. The number of rotatable bonds is 11. The third-order valence-corrected chi connectivity index (χ3v) is 5.48. The Morgan fingerprint density at radius 2 is 1.81 bits per heavy atom.